The molecule has 0 heterocycles. The minimum atomic E-state index is 0.575. The van der Waals surface area contributed by atoms with Crippen molar-refractivity contribution in [2.75, 3.05) is 0 Å². The summed E-state index contributed by atoms with van der Waals surface area (Å²) in [4.78, 5) is 10.7. The molecule has 72 valence electrons. The molecule has 1 aromatic carbocycles. The molecule has 0 atom stereocenters. The van der Waals surface area contributed by atoms with Crippen LogP contribution in [0.2, 0.25) is 0 Å². The van der Waals surface area contributed by atoms with Gasteiger partial charge in [0.15, 0.2) is 6.29 Å². The lowest BCUT2D eigenvalue weighted by atomic mass is 10.1. The number of hydrogen-bond acceptors (Lipinski definition) is 1. The van der Waals surface area contributed by atoms with Gasteiger partial charge in [0, 0.05) is 17.5 Å². The fourth-order valence-corrected chi connectivity index (χ4v) is 1.06. The van der Waals surface area contributed by atoms with Crippen molar-refractivity contribution in [1.29, 1.82) is 0 Å². The van der Waals surface area contributed by atoms with Crippen molar-refractivity contribution in [2.24, 2.45) is 5.92 Å². The number of benzene rings is 1. The van der Waals surface area contributed by atoms with Crippen LogP contribution in [0.3, 0.4) is 0 Å². The highest BCUT2D eigenvalue weighted by atomic mass is 16.1. The summed E-state index contributed by atoms with van der Waals surface area (Å²) in [5, 5.41) is 0. The van der Waals surface area contributed by atoms with Crippen molar-refractivity contribution in [3.8, 4) is 11.8 Å². The molecule has 0 amide bonds. The average molecular weight is 186 g/mol. The Bertz CT molecular complexity index is 366. The Kier molecular flexibility index (Phi) is 3.94. The molecule has 1 rings (SSSR count). The van der Waals surface area contributed by atoms with Crippen LogP contribution in [0, 0.1) is 17.8 Å². The highest BCUT2D eigenvalue weighted by Gasteiger charge is 1.95. The van der Waals surface area contributed by atoms with Gasteiger partial charge in [0.2, 0.25) is 0 Å². The Morgan fingerprint density at radius 1 is 1.36 bits per heavy atom. The molecule has 0 aromatic heterocycles. The van der Waals surface area contributed by atoms with Gasteiger partial charge >= 0.3 is 0 Å². The van der Waals surface area contributed by atoms with Crippen LogP contribution in [0.25, 0.3) is 0 Å². The summed E-state index contributed by atoms with van der Waals surface area (Å²) < 4.78 is 0. The fourth-order valence-electron chi connectivity index (χ4n) is 1.06. The molecule has 0 aliphatic rings. The molecule has 0 spiro atoms. The third-order valence-electron chi connectivity index (χ3n) is 1.82. The number of hydrogen-bond donors (Lipinski definition) is 0. The first-order valence-corrected chi connectivity index (χ1v) is 4.77. The summed E-state index contributed by atoms with van der Waals surface area (Å²) >= 11 is 0. The van der Waals surface area contributed by atoms with Crippen LogP contribution in [0.5, 0.6) is 0 Å². The van der Waals surface area contributed by atoms with Gasteiger partial charge in [-0.2, -0.15) is 0 Å². The van der Waals surface area contributed by atoms with Gasteiger partial charge in [-0.3, -0.25) is 4.79 Å². The van der Waals surface area contributed by atoms with E-state index in [1.165, 1.54) is 0 Å². The summed E-state index contributed by atoms with van der Waals surface area (Å²) in [6.45, 7) is 4.25. The van der Waals surface area contributed by atoms with Gasteiger partial charge < -0.3 is 0 Å². The maximum absolute atomic E-state index is 10.7. The summed E-state index contributed by atoms with van der Waals surface area (Å²) in [6.07, 6.45) is 1.71. The number of rotatable bonds is 2. The molecule has 0 unspecified atom stereocenters. The topological polar surface area (TPSA) is 17.1 Å². The van der Waals surface area contributed by atoms with E-state index < -0.39 is 0 Å². The van der Waals surface area contributed by atoms with Crippen molar-refractivity contribution in [3.05, 3.63) is 35.4 Å². The summed E-state index contributed by atoms with van der Waals surface area (Å²) in [6, 6.07) is 7.40. The zero-order valence-electron chi connectivity index (χ0n) is 8.58. The second-order valence-electron chi connectivity index (χ2n) is 3.60. The Morgan fingerprint density at radius 2 is 2.07 bits per heavy atom. The largest absolute Gasteiger partial charge is 0.298 e. The maximum atomic E-state index is 10.7. The highest BCUT2D eigenvalue weighted by molar-refractivity contribution is 5.79. The number of aldehydes is 1. The Balaban J connectivity index is 2.83. The van der Waals surface area contributed by atoms with Gasteiger partial charge in [-0.15, -0.1) is 0 Å². The standard InChI is InChI=1S/C13H14O/c1-11(2)6-5-9-12-7-3-4-8-13(12)10-14/h3-4,7-8,10-11H,6H2,1-2H3. The molecule has 0 radical (unpaired) electrons. The molecule has 0 aliphatic heterocycles. The molecule has 0 bridgehead atoms. The van der Waals surface area contributed by atoms with Crippen LogP contribution in [-0.4, -0.2) is 6.29 Å². The van der Waals surface area contributed by atoms with Crippen LogP contribution in [0.4, 0.5) is 0 Å². The lowest BCUT2D eigenvalue weighted by Crippen LogP contribution is -1.86. The first kappa shape index (κ1) is 10.5. The van der Waals surface area contributed by atoms with Crippen LogP contribution in [0.1, 0.15) is 36.2 Å². The Morgan fingerprint density at radius 3 is 2.71 bits per heavy atom. The van der Waals surface area contributed by atoms with E-state index in [0.29, 0.717) is 11.5 Å². The van der Waals surface area contributed by atoms with Gasteiger partial charge in [0.1, 0.15) is 0 Å². The normalized spacial score (nSPS) is 9.36. The summed E-state index contributed by atoms with van der Waals surface area (Å²) in [5.74, 6) is 6.66. The number of carbonyl (C=O) groups excluding carboxylic acids is 1. The lowest BCUT2D eigenvalue weighted by molar-refractivity contribution is 0.112. The van der Waals surface area contributed by atoms with Crippen molar-refractivity contribution >= 4 is 6.29 Å². The maximum Gasteiger partial charge on any atom is 0.151 e. The van der Waals surface area contributed by atoms with Gasteiger partial charge in [-0.25, -0.2) is 0 Å². The fraction of sp³-hybridized carbons (Fsp3) is 0.308. The molecule has 1 aromatic rings. The predicted molar refractivity (Wildman–Crippen MR) is 58.2 cm³/mol. The molecule has 1 heteroatoms. The predicted octanol–water partition coefficient (Wildman–Crippen LogP) is 2.90. The molecule has 1 nitrogen and oxygen atoms in total. The zero-order valence-corrected chi connectivity index (χ0v) is 8.58. The van der Waals surface area contributed by atoms with Crippen molar-refractivity contribution in [2.45, 2.75) is 20.3 Å². The quantitative estimate of drug-likeness (QED) is 0.512. The highest BCUT2D eigenvalue weighted by Crippen LogP contribution is 2.04. The van der Waals surface area contributed by atoms with Crippen molar-refractivity contribution in [3.63, 3.8) is 0 Å². The van der Waals surface area contributed by atoms with Gasteiger partial charge in [0.25, 0.3) is 0 Å². The van der Waals surface area contributed by atoms with Crippen LogP contribution < -0.4 is 0 Å². The van der Waals surface area contributed by atoms with Crippen molar-refractivity contribution in [1.82, 2.24) is 0 Å². The van der Waals surface area contributed by atoms with E-state index in [-0.39, 0.29) is 0 Å². The van der Waals surface area contributed by atoms with Gasteiger partial charge in [-0.05, 0) is 12.0 Å². The second-order valence-corrected chi connectivity index (χ2v) is 3.60. The van der Waals surface area contributed by atoms with E-state index in [1.807, 2.05) is 18.2 Å². The molecular weight excluding hydrogens is 172 g/mol. The smallest absolute Gasteiger partial charge is 0.151 e. The Hall–Kier alpha value is -1.55. The molecule has 0 fully saturated rings. The molecule has 0 saturated heterocycles. The van der Waals surface area contributed by atoms with E-state index in [2.05, 4.69) is 25.7 Å². The van der Waals surface area contributed by atoms with Gasteiger partial charge in [0.05, 0.1) is 0 Å². The molecule has 14 heavy (non-hydrogen) atoms. The molecular formula is C13H14O. The first-order valence-electron chi connectivity index (χ1n) is 4.77. The van der Waals surface area contributed by atoms with Crippen LogP contribution in [-0.2, 0) is 0 Å². The van der Waals surface area contributed by atoms with Crippen LogP contribution in [0.15, 0.2) is 24.3 Å². The number of carbonyl (C=O) groups is 1. The third kappa shape index (κ3) is 3.06. The summed E-state index contributed by atoms with van der Waals surface area (Å²) in [5.41, 5.74) is 1.49. The zero-order chi connectivity index (χ0) is 10.4. The monoisotopic (exact) mass is 186 g/mol. The molecule has 0 saturated carbocycles. The molecule has 0 aliphatic carbocycles. The van der Waals surface area contributed by atoms with E-state index in [1.54, 1.807) is 6.07 Å². The van der Waals surface area contributed by atoms with E-state index >= 15 is 0 Å². The minimum Gasteiger partial charge on any atom is -0.298 e. The third-order valence-corrected chi connectivity index (χ3v) is 1.82. The van der Waals surface area contributed by atoms with E-state index in [9.17, 15) is 4.79 Å². The van der Waals surface area contributed by atoms with E-state index in [0.717, 1.165) is 18.3 Å². The first-order chi connectivity index (χ1) is 6.74. The van der Waals surface area contributed by atoms with Crippen molar-refractivity contribution < 1.29 is 4.79 Å². The van der Waals surface area contributed by atoms with Crippen LogP contribution >= 0.6 is 0 Å². The minimum absolute atomic E-state index is 0.575. The average Bonchev–Trinajstić information content (AvgIpc) is 2.18. The Labute approximate surface area is 85.1 Å². The summed E-state index contributed by atoms with van der Waals surface area (Å²) in [7, 11) is 0. The molecule has 0 N–H and O–H groups in total. The van der Waals surface area contributed by atoms with Gasteiger partial charge in [-0.1, -0.05) is 43.9 Å². The second kappa shape index (κ2) is 5.24. The lowest BCUT2D eigenvalue weighted by Gasteiger charge is -1.95. The SMILES string of the molecule is CC(C)CC#Cc1ccccc1C=O. The van der Waals surface area contributed by atoms with E-state index in [4.69, 9.17) is 0 Å².